The number of carboxylic acid groups (broad SMARTS) is 2. The van der Waals surface area contributed by atoms with Gasteiger partial charge in [-0.1, -0.05) is 0 Å². The molecule has 2 N–H and O–H groups in total. The second kappa shape index (κ2) is 8.73. The zero-order valence-corrected chi connectivity index (χ0v) is 21.6. The van der Waals surface area contributed by atoms with Gasteiger partial charge in [0, 0.05) is 10.8 Å². The minimum atomic E-state index is -1.20. The Morgan fingerprint density at radius 2 is 1.00 bits per heavy atom. The molecule has 0 heterocycles. The molecule has 2 atom stereocenters. The monoisotopic (exact) mass is 504 g/mol. The number of rotatable bonds is 8. The summed E-state index contributed by atoms with van der Waals surface area (Å²) in [6.07, 6.45) is 12.6. The van der Waals surface area contributed by atoms with Crippen molar-refractivity contribution in [2.75, 3.05) is 0 Å². The molecule has 8 heteroatoms. The lowest BCUT2D eigenvalue weighted by Gasteiger charge is -2.69. The van der Waals surface area contributed by atoms with Crippen LogP contribution >= 0.6 is 0 Å². The van der Waals surface area contributed by atoms with Crippen molar-refractivity contribution < 1.29 is 38.9 Å². The average molecular weight is 505 g/mol. The summed E-state index contributed by atoms with van der Waals surface area (Å²) in [5, 5.41) is 18.9. The number of hydrogen-bond acceptors (Lipinski definition) is 6. The van der Waals surface area contributed by atoms with Crippen LogP contribution in [0.5, 0.6) is 0 Å². The molecule has 6 fully saturated rings. The van der Waals surface area contributed by atoms with E-state index in [1.54, 1.807) is 0 Å². The molecule has 6 saturated carbocycles. The van der Waals surface area contributed by atoms with E-state index in [-0.39, 0.29) is 10.8 Å². The van der Waals surface area contributed by atoms with Crippen molar-refractivity contribution in [3.63, 3.8) is 0 Å². The molecule has 200 valence electrons. The zero-order valence-electron chi connectivity index (χ0n) is 21.6. The molecular formula is C28H40O8. The van der Waals surface area contributed by atoms with Crippen LogP contribution in [-0.4, -0.2) is 45.3 Å². The largest absolute Gasteiger partial charge is 0.481 e. The molecule has 4 bridgehead atoms. The third kappa shape index (κ3) is 3.76. The van der Waals surface area contributed by atoms with E-state index in [9.17, 15) is 29.4 Å². The van der Waals surface area contributed by atoms with E-state index in [0.29, 0.717) is 11.8 Å². The highest BCUT2D eigenvalue weighted by Crippen LogP contribution is 2.74. The van der Waals surface area contributed by atoms with Gasteiger partial charge in [-0.25, -0.2) is 0 Å². The number of carbonyl (C=O) groups excluding carboxylic acids is 2. The van der Waals surface area contributed by atoms with Crippen molar-refractivity contribution in [2.45, 2.75) is 115 Å². The van der Waals surface area contributed by atoms with E-state index < -0.39 is 46.9 Å². The molecule has 0 amide bonds. The number of carbonyl (C=O) groups is 4. The summed E-state index contributed by atoms with van der Waals surface area (Å²) in [6, 6.07) is 0. The summed E-state index contributed by atoms with van der Waals surface area (Å²) in [6.45, 7) is 2.79. The van der Waals surface area contributed by atoms with E-state index in [2.05, 4.69) is 0 Å². The van der Waals surface area contributed by atoms with E-state index in [0.717, 1.165) is 89.9 Å². The highest BCUT2D eigenvalue weighted by molar-refractivity contribution is 5.94. The summed E-state index contributed by atoms with van der Waals surface area (Å²) >= 11 is 0. The molecule has 0 aliphatic heterocycles. The molecule has 0 radical (unpaired) electrons. The minimum absolute atomic E-state index is 0.248. The molecule has 2 unspecified atom stereocenters. The van der Waals surface area contributed by atoms with Gasteiger partial charge in [0.1, 0.15) is 11.2 Å². The molecule has 8 nitrogen and oxygen atoms in total. The fraction of sp³-hybridized carbons (Fsp3) is 0.857. The minimum Gasteiger partial charge on any atom is -0.481 e. The average Bonchev–Trinajstić information content (AvgIpc) is 3.48. The van der Waals surface area contributed by atoms with E-state index in [1.807, 2.05) is 0 Å². The van der Waals surface area contributed by atoms with Crippen LogP contribution in [0.3, 0.4) is 0 Å². The Hall–Kier alpha value is -2.12. The second-order valence-electron chi connectivity index (χ2n) is 12.9. The molecule has 0 aromatic rings. The maximum atomic E-state index is 13.0. The summed E-state index contributed by atoms with van der Waals surface area (Å²) in [5.41, 5.74) is -1.84. The Morgan fingerprint density at radius 1 is 0.667 bits per heavy atom. The standard InChI is InChI=1S/C28H40O8/c1-17(21(29)30)23(33)35-27(7-3-4-8-27)25-12-19-11-20(13-25)15-26(14-19,16-25)28(9-5-6-10-28)36-24(34)18(2)22(31)32/h17-20H,3-16H2,1-2H3,(H,29,30)(H,31,32). The van der Waals surface area contributed by atoms with Gasteiger partial charge in [0.15, 0.2) is 11.8 Å². The Kier molecular flexibility index (Phi) is 6.19. The summed E-state index contributed by atoms with van der Waals surface area (Å²) in [7, 11) is 0. The molecule has 6 aliphatic carbocycles. The third-order valence-corrected chi connectivity index (χ3v) is 10.9. The molecule has 36 heavy (non-hydrogen) atoms. The lowest BCUT2D eigenvalue weighted by Crippen LogP contribution is -2.67. The van der Waals surface area contributed by atoms with Crippen molar-refractivity contribution in [1.82, 2.24) is 0 Å². The van der Waals surface area contributed by atoms with Crippen LogP contribution in [0.2, 0.25) is 0 Å². The predicted molar refractivity (Wildman–Crippen MR) is 128 cm³/mol. The van der Waals surface area contributed by atoms with Crippen molar-refractivity contribution in [2.24, 2.45) is 34.5 Å². The van der Waals surface area contributed by atoms with Gasteiger partial charge in [-0.3, -0.25) is 19.2 Å². The molecule has 0 spiro atoms. The number of hydrogen-bond donors (Lipinski definition) is 2. The Balaban J connectivity index is 1.51. The fourth-order valence-corrected chi connectivity index (χ4v) is 9.47. The number of aliphatic carboxylic acids is 2. The Morgan fingerprint density at radius 3 is 1.31 bits per heavy atom. The van der Waals surface area contributed by atoms with Gasteiger partial charge in [0.2, 0.25) is 0 Å². The van der Waals surface area contributed by atoms with Gasteiger partial charge in [-0.2, -0.15) is 0 Å². The van der Waals surface area contributed by atoms with Crippen LogP contribution in [0.25, 0.3) is 0 Å². The van der Waals surface area contributed by atoms with Crippen LogP contribution in [-0.2, 0) is 28.7 Å². The van der Waals surface area contributed by atoms with Gasteiger partial charge < -0.3 is 19.7 Å². The van der Waals surface area contributed by atoms with Crippen LogP contribution in [0, 0.1) is 34.5 Å². The van der Waals surface area contributed by atoms with Gasteiger partial charge >= 0.3 is 23.9 Å². The van der Waals surface area contributed by atoms with Gasteiger partial charge in [-0.05, 0) is 116 Å². The fourth-order valence-electron chi connectivity index (χ4n) is 9.47. The summed E-state index contributed by atoms with van der Waals surface area (Å²) < 4.78 is 12.6. The Bertz CT molecular complexity index is 855. The normalized spacial score (nSPS) is 37.3. The molecule has 0 saturated heterocycles. The van der Waals surface area contributed by atoms with E-state index in [4.69, 9.17) is 9.47 Å². The molecule has 6 aliphatic rings. The maximum Gasteiger partial charge on any atom is 0.320 e. The van der Waals surface area contributed by atoms with Crippen LogP contribution in [0.15, 0.2) is 0 Å². The maximum absolute atomic E-state index is 13.0. The second-order valence-corrected chi connectivity index (χ2v) is 12.9. The predicted octanol–water partition coefficient (Wildman–Crippen LogP) is 4.73. The van der Waals surface area contributed by atoms with Gasteiger partial charge in [0.25, 0.3) is 0 Å². The lowest BCUT2D eigenvalue weighted by atomic mass is 9.37. The lowest BCUT2D eigenvalue weighted by molar-refractivity contribution is -0.263. The Labute approximate surface area is 212 Å². The zero-order chi connectivity index (χ0) is 25.9. The quantitative estimate of drug-likeness (QED) is 0.359. The van der Waals surface area contributed by atoms with Crippen LogP contribution in [0.4, 0.5) is 0 Å². The first-order valence-corrected chi connectivity index (χ1v) is 13.9. The molecule has 0 aromatic carbocycles. The number of esters is 2. The number of ether oxygens (including phenoxy) is 2. The van der Waals surface area contributed by atoms with Crippen molar-refractivity contribution >= 4 is 23.9 Å². The summed E-state index contributed by atoms with van der Waals surface area (Å²) in [5.74, 6) is -5.13. The SMILES string of the molecule is CC(C(=O)O)C(=O)OC1(C23CC4CC(C2)CC(C2(OC(=O)C(C)C(=O)O)CCCC2)(C4)C3)CCCC1. The number of carboxylic acids is 2. The molecular weight excluding hydrogens is 464 g/mol. The highest BCUT2D eigenvalue weighted by atomic mass is 16.6. The van der Waals surface area contributed by atoms with E-state index >= 15 is 0 Å². The van der Waals surface area contributed by atoms with Crippen molar-refractivity contribution in [3.8, 4) is 0 Å². The van der Waals surface area contributed by atoms with Crippen molar-refractivity contribution in [3.05, 3.63) is 0 Å². The van der Waals surface area contributed by atoms with E-state index in [1.165, 1.54) is 13.8 Å². The first-order chi connectivity index (χ1) is 17.0. The topological polar surface area (TPSA) is 127 Å². The molecule has 6 rings (SSSR count). The first kappa shape index (κ1) is 25.5. The van der Waals surface area contributed by atoms with Gasteiger partial charge in [-0.15, -0.1) is 0 Å². The molecule has 0 aromatic heterocycles. The third-order valence-electron chi connectivity index (χ3n) is 10.9. The summed E-state index contributed by atoms with van der Waals surface area (Å²) in [4.78, 5) is 49.1. The van der Waals surface area contributed by atoms with Crippen molar-refractivity contribution in [1.29, 1.82) is 0 Å². The smallest absolute Gasteiger partial charge is 0.320 e. The van der Waals surface area contributed by atoms with Crippen LogP contribution < -0.4 is 0 Å². The van der Waals surface area contributed by atoms with Crippen LogP contribution in [0.1, 0.15) is 104 Å². The highest BCUT2D eigenvalue weighted by Gasteiger charge is 2.71. The first-order valence-electron chi connectivity index (χ1n) is 13.9. The van der Waals surface area contributed by atoms with Gasteiger partial charge in [0.05, 0.1) is 0 Å².